The summed E-state index contributed by atoms with van der Waals surface area (Å²) in [7, 11) is 0. The van der Waals surface area contributed by atoms with Crippen LogP contribution in [0.25, 0.3) is 11.0 Å². The van der Waals surface area contributed by atoms with Crippen molar-refractivity contribution >= 4 is 16.7 Å². The molecule has 0 atom stereocenters. The van der Waals surface area contributed by atoms with Crippen LogP contribution in [0.4, 0.5) is 5.69 Å². The molecule has 0 amide bonds. The molecule has 0 aliphatic rings. The molecule has 13 heavy (non-hydrogen) atoms. The topological polar surface area (TPSA) is 92.0 Å². The maximum atomic E-state index is 10.9. The Kier molecular flexibility index (Phi) is 1.45. The van der Waals surface area contributed by atoms with Crippen LogP contribution in [0.15, 0.2) is 23.1 Å². The predicted octanol–water partition coefficient (Wildman–Crippen LogP) is 0.211. The highest BCUT2D eigenvalue weighted by molar-refractivity contribution is 5.83. The smallest absolute Gasteiger partial charge is 0.266 e. The zero-order valence-electron chi connectivity index (χ0n) is 6.61. The number of benzene rings is 1. The zero-order valence-corrected chi connectivity index (χ0v) is 6.61. The van der Waals surface area contributed by atoms with E-state index in [2.05, 4.69) is 9.97 Å². The Hall–Kier alpha value is -2.04. The van der Waals surface area contributed by atoms with Crippen molar-refractivity contribution in [2.24, 2.45) is 0 Å². The molecule has 5 heteroatoms. The van der Waals surface area contributed by atoms with Gasteiger partial charge in [-0.3, -0.25) is 4.79 Å². The molecule has 0 unspecified atom stereocenters. The molecule has 0 saturated carbocycles. The fraction of sp³-hybridized carbons (Fsp3) is 0. The summed E-state index contributed by atoms with van der Waals surface area (Å²) in [6.45, 7) is 0. The van der Waals surface area contributed by atoms with E-state index >= 15 is 0 Å². The fourth-order valence-electron chi connectivity index (χ4n) is 1.16. The van der Waals surface area contributed by atoms with E-state index in [9.17, 15) is 9.90 Å². The first-order chi connectivity index (χ1) is 6.16. The molecule has 4 N–H and O–H groups in total. The molecule has 0 fully saturated rings. The van der Waals surface area contributed by atoms with Gasteiger partial charge in [0.1, 0.15) is 11.3 Å². The number of H-pyrrole nitrogens is 1. The second-order valence-electron chi connectivity index (χ2n) is 2.68. The highest BCUT2D eigenvalue weighted by atomic mass is 16.3. The van der Waals surface area contributed by atoms with Gasteiger partial charge in [0, 0.05) is 11.8 Å². The number of rotatable bonds is 0. The molecule has 0 radical (unpaired) electrons. The molecular weight excluding hydrogens is 170 g/mol. The quantitative estimate of drug-likeness (QED) is 0.501. The number of fused-ring (bicyclic) bond motifs is 1. The lowest BCUT2D eigenvalue weighted by atomic mass is 10.2. The van der Waals surface area contributed by atoms with Crippen LogP contribution in [-0.2, 0) is 0 Å². The third-order valence-electron chi connectivity index (χ3n) is 1.68. The average Bonchev–Trinajstić information content (AvgIpc) is 2.02. The number of nitrogen functional groups attached to an aromatic ring is 1. The maximum Gasteiger partial charge on any atom is 0.266 e. The van der Waals surface area contributed by atoms with E-state index in [1.807, 2.05) is 0 Å². The molecule has 0 bridgehead atoms. The number of aromatic hydroxyl groups is 1. The molecular formula is C8H7N3O2. The molecule has 0 saturated heterocycles. The molecule has 2 aromatic rings. The molecule has 1 aromatic heterocycles. The third-order valence-corrected chi connectivity index (χ3v) is 1.68. The number of hydrogen-bond acceptors (Lipinski definition) is 4. The van der Waals surface area contributed by atoms with Gasteiger partial charge in [0.2, 0.25) is 0 Å². The summed E-state index contributed by atoms with van der Waals surface area (Å²) in [4.78, 5) is 17.2. The number of hydrogen-bond donors (Lipinski definition) is 3. The van der Waals surface area contributed by atoms with E-state index in [-0.39, 0.29) is 11.3 Å². The number of phenols is 1. The summed E-state index contributed by atoms with van der Waals surface area (Å²) in [5, 5.41) is 9.38. The first-order valence-corrected chi connectivity index (χ1v) is 3.64. The number of phenolic OH excluding ortho intramolecular Hbond substituents is 1. The van der Waals surface area contributed by atoms with Crippen molar-refractivity contribution in [3.8, 4) is 5.75 Å². The van der Waals surface area contributed by atoms with Crippen LogP contribution in [0.1, 0.15) is 0 Å². The van der Waals surface area contributed by atoms with Gasteiger partial charge in [-0.2, -0.15) is 0 Å². The van der Waals surface area contributed by atoms with E-state index in [1.165, 1.54) is 6.07 Å². The van der Waals surface area contributed by atoms with Crippen molar-refractivity contribution in [2.45, 2.75) is 0 Å². The Labute approximate surface area is 72.8 Å². The Bertz CT molecular complexity index is 518. The standard InChI is InChI=1S/C8H7N3O2/c9-4-1-5-8(6(12)2-4)10-3-7(13)11-5/h1-3,12H,9H2,(H,11,13). The summed E-state index contributed by atoms with van der Waals surface area (Å²) >= 11 is 0. The van der Waals surface area contributed by atoms with Gasteiger partial charge in [0.15, 0.2) is 0 Å². The van der Waals surface area contributed by atoms with Gasteiger partial charge in [-0.15, -0.1) is 0 Å². The fourth-order valence-corrected chi connectivity index (χ4v) is 1.16. The van der Waals surface area contributed by atoms with Gasteiger partial charge in [-0.25, -0.2) is 4.98 Å². The van der Waals surface area contributed by atoms with Crippen molar-refractivity contribution in [1.82, 2.24) is 9.97 Å². The Morgan fingerprint density at radius 2 is 2.23 bits per heavy atom. The predicted molar refractivity (Wildman–Crippen MR) is 48.4 cm³/mol. The molecule has 2 rings (SSSR count). The lowest BCUT2D eigenvalue weighted by molar-refractivity contribution is 0.480. The maximum absolute atomic E-state index is 10.9. The number of nitrogens with one attached hydrogen (secondary N) is 1. The average molecular weight is 177 g/mol. The van der Waals surface area contributed by atoms with Gasteiger partial charge in [-0.05, 0) is 6.07 Å². The van der Waals surface area contributed by atoms with Crippen LogP contribution >= 0.6 is 0 Å². The Morgan fingerprint density at radius 1 is 1.46 bits per heavy atom. The summed E-state index contributed by atoms with van der Waals surface area (Å²) < 4.78 is 0. The second-order valence-corrected chi connectivity index (χ2v) is 2.68. The lowest BCUT2D eigenvalue weighted by Gasteiger charge is -2.00. The molecule has 0 aliphatic carbocycles. The molecule has 1 heterocycles. The van der Waals surface area contributed by atoms with Crippen molar-refractivity contribution in [2.75, 3.05) is 5.73 Å². The zero-order chi connectivity index (χ0) is 9.42. The third kappa shape index (κ3) is 1.20. The van der Waals surface area contributed by atoms with Crippen LogP contribution < -0.4 is 11.3 Å². The molecule has 0 aliphatic heterocycles. The second kappa shape index (κ2) is 2.48. The van der Waals surface area contributed by atoms with E-state index in [1.54, 1.807) is 6.07 Å². The number of anilines is 1. The Morgan fingerprint density at radius 3 is 3.00 bits per heavy atom. The minimum atomic E-state index is -0.322. The van der Waals surface area contributed by atoms with E-state index < -0.39 is 0 Å². The Balaban J connectivity index is 2.94. The highest BCUT2D eigenvalue weighted by Crippen LogP contribution is 2.22. The van der Waals surface area contributed by atoms with E-state index in [4.69, 9.17) is 5.73 Å². The van der Waals surface area contributed by atoms with E-state index in [0.717, 1.165) is 6.20 Å². The summed E-state index contributed by atoms with van der Waals surface area (Å²) in [5.41, 5.74) is 6.30. The van der Waals surface area contributed by atoms with Crippen molar-refractivity contribution in [1.29, 1.82) is 0 Å². The minimum Gasteiger partial charge on any atom is -0.506 e. The van der Waals surface area contributed by atoms with Crippen LogP contribution in [0, 0.1) is 0 Å². The largest absolute Gasteiger partial charge is 0.506 e. The summed E-state index contributed by atoms with van der Waals surface area (Å²) in [6.07, 6.45) is 1.11. The van der Waals surface area contributed by atoms with Gasteiger partial charge in [0.05, 0.1) is 11.7 Å². The van der Waals surface area contributed by atoms with E-state index in [0.29, 0.717) is 16.7 Å². The van der Waals surface area contributed by atoms with Crippen molar-refractivity contribution in [3.63, 3.8) is 0 Å². The van der Waals surface area contributed by atoms with Crippen molar-refractivity contribution < 1.29 is 5.11 Å². The lowest BCUT2D eigenvalue weighted by Crippen LogP contribution is -2.05. The summed E-state index contributed by atoms with van der Waals surface area (Å²) in [5.74, 6) is -0.0359. The molecule has 5 nitrogen and oxygen atoms in total. The van der Waals surface area contributed by atoms with Crippen molar-refractivity contribution in [3.05, 3.63) is 28.7 Å². The number of aromatic nitrogens is 2. The number of nitrogens with zero attached hydrogens (tertiary/aromatic N) is 1. The van der Waals surface area contributed by atoms with Crippen LogP contribution in [0.2, 0.25) is 0 Å². The van der Waals surface area contributed by atoms with Gasteiger partial charge < -0.3 is 15.8 Å². The summed E-state index contributed by atoms with van der Waals surface area (Å²) in [6, 6.07) is 2.93. The first-order valence-electron chi connectivity index (χ1n) is 3.64. The van der Waals surface area contributed by atoms with Crippen LogP contribution in [0.5, 0.6) is 5.75 Å². The monoisotopic (exact) mass is 177 g/mol. The van der Waals surface area contributed by atoms with Crippen LogP contribution in [-0.4, -0.2) is 15.1 Å². The minimum absolute atomic E-state index is 0.0359. The molecule has 0 spiro atoms. The number of aromatic amines is 1. The van der Waals surface area contributed by atoms with Gasteiger partial charge in [-0.1, -0.05) is 0 Å². The van der Waals surface area contributed by atoms with Gasteiger partial charge in [0.25, 0.3) is 5.56 Å². The van der Waals surface area contributed by atoms with Gasteiger partial charge >= 0.3 is 0 Å². The molecule has 66 valence electrons. The first kappa shape index (κ1) is 7.60. The SMILES string of the molecule is Nc1cc(O)c2ncc(=O)[nH]c2c1. The molecule has 1 aromatic carbocycles. The number of nitrogens with two attached hydrogens (primary N) is 1. The van der Waals surface area contributed by atoms with Crippen LogP contribution in [0.3, 0.4) is 0 Å². The highest BCUT2D eigenvalue weighted by Gasteiger charge is 2.02. The normalized spacial score (nSPS) is 10.5.